The van der Waals surface area contributed by atoms with E-state index in [9.17, 15) is 0 Å². The molecule has 0 spiro atoms. The Bertz CT molecular complexity index is 730. The first-order valence-corrected chi connectivity index (χ1v) is 8.24. The van der Waals surface area contributed by atoms with E-state index in [2.05, 4.69) is 47.0 Å². The van der Waals surface area contributed by atoms with Gasteiger partial charge in [-0.05, 0) is 42.7 Å². The van der Waals surface area contributed by atoms with Crippen LogP contribution in [0.4, 0.5) is 0 Å². The van der Waals surface area contributed by atoms with Crippen molar-refractivity contribution in [2.75, 3.05) is 0 Å². The topological polar surface area (TPSA) is 50.9 Å². The third-order valence-electron chi connectivity index (χ3n) is 3.44. The Kier molecular flexibility index (Phi) is 3.85. The number of nitrogens with zero attached hydrogens (tertiary/aromatic N) is 1. The highest BCUT2D eigenvalue weighted by Gasteiger charge is 2.18. The molecule has 1 unspecified atom stereocenters. The molecule has 3 N–H and O–H groups in total. The third-order valence-corrected chi connectivity index (χ3v) is 5.64. The van der Waals surface area contributed by atoms with Crippen LogP contribution in [0.5, 0.6) is 0 Å². The first kappa shape index (κ1) is 13.7. The van der Waals surface area contributed by atoms with Crippen molar-refractivity contribution in [2.24, 2.45) is 5.84 Å². The van der Waals surface area contributed by atoms with E-state index in [0.29, 0.717) is 0 Å². The summed E-state index contributed by atoms with van der Waals surface area (Å²) in [6.45, 7) is 4.09. The molecule has 3 nitrogen and oxygen atoms in total. The molecular formula is C15H17N3S2. The van der Waals surface area contributed by atoms with Gasteiger partial charge in [0.2, 0.25) is 0 Å². The van der Waals surface area contributed by atoms with E-state index in [1.165, 1.54) is 20.5 Å². The van der Waals surface area contributed by atoms with Crippen LogP contribution in [0.15, 0.2) is 29.6 Å². The van der Waals surface area contributed by atoms with Crippen LogP contribution in [0, 0.1) is 13.8 Å². The summed E-state index contributed by atoms with van der Waals surface area (Å²) in [5.74, 6) is 5.78. The smallest absolute Gasteiger partial charge is 0.0900 e. The Morgan fingerprint density at radius 1 is 1.30 bits per heavy atom. The molecule has 20 heavy (non-hydrogen) atoms. The molecule has 0 amide bonds. The van der Waals surface area contributed by atoms with Crippen molar-refractivity contribution in [3.8, 4) is 0 Å². The summed E-state index contributed by atoms with van der Waals surface area (Å²) in [6.07, 6.45) is 0.892. The van der Waals surface area contributed by atoms with Gasteiger partial charge in [-0.15, -0.1) is 22.7 Å². The van der Waals surface area contributed by atoms with E-state index in [1.807, 2.05) is 6.92 Å². The number of hydrogen-bond acceptors (Lipinski definition) is 5. The fraction of sp³-hybridized carbons (Fsp3) is 0.267. The lowest BCUT2D eigenvalue weighted by atomic mass is 10.0. The fourth-order valence-corrected chi connectivity index (χ4v) is 4.47. The van der Waals surface area contributed by atoms with Gasteiger partial charge in [0.1, 0.15) is 0 Å². The SMILES string of the molecule is Cc1nc(C)c(C(Cc2csc3ccccc23)NN)s1. The van der Waals surface area contributed by atoms with Crippen LogP contribution in [0.3, 0.4) is 0 Å². The maximum absolute atomic E-state index is 5.78. The number of thiophene rings is 1. The Labute approximate surface area is 126 Å². The summed E-state index contributed by atoms with van der Waals surface area (Å²) < 4.78 is 1.33. The molecule has 5 heteroatoms. The lowest BCUT2D eigenvalue weighted by Crippen LogP contribution is -2.29. The quantitative estimate of drug-likeness (QED) is 0.570. The summed E-state index contributed by atoms with van der Waals surface area (Å²) in [5, 5.41) is 4.66. The van der Waals surface area contributed by atoms with Crippen molar-refractivity contribution in [1.29, 1.82) is 0 Å². The van der Waals surface area contributed by atoms with Crippen LogP contribution in [-0.4, -0.2) is 4.98 Å². The van der Waals surface area contributed by atoms with Crippen molar-refractivity contribution in [3.05, 3.63) is 50.8 Å². The molecule has 1 aromatic carbocycles. The Hall–Kier alpha value is -1.27. The summed E-state index contributed by atoms with van der Waals surface area (Å²) in [5.41, 5.74) is 5.38. The number of benzene rings is 1. The minimum Gasteiger partial charge on any atom is -0.271 e. The predicted molar refractivity (Wildman–Crippen MR) is 87.2 cm³/mol. The molecule has 0 aliphatic rings. The predicted octanol–water partition coefficient (Wildman–Crippen LogP) is 3.72. The lowest BCUT2D eigenvalue weighted by Gasteiger charge is -2.14. The third kappa shape index (κ3) is 2.50. The molecule has 0 fully saturated rings. The van der Waals surface area contributed by atoms with Gasteiger partial charge in [0.25, 0.3) is 0 Å². The molecule has 0 radical (unpaired) electrons. The Morgan fingerprint density at radius 2 is 2.10 bits per heavy atom. The first-order valence-electron chi connectivity index (χ1n) is 6.54. The average Bonchev–Trinajstić information content (AvgIpc) is 3.00. The normalized spacial score (nSPS) is 12.9. The van der Waals surface area contributed by atoms with E-state index in [-0.39, 0.29) is 6.04 Å². The second-order valence-electron chi connectivity index (χ2n) is 4.86. The van der Waals surface area contributed by atoms with Crippen molar-refractivity contribution in [2.45, 2.75) is 26.3 Å². The van der Waals surface area contributed by atoms with Gasteiger partial charge >= 0.3 is 0 Å². The zero-order chi connectivity index (χ0) is 14.1. The van der Waals surface area contributed by atoms with Gasteiger partial charge in [-0.25, -0.2) is 4.98 Å². The highest BCUT2D eigenvalue weighted by molar-refractivity contribution is 7.17. The number of hydrogen-bond donors (Lipinski definition) is 2. The molecule has 104 valence electrons. The highest BCUT2D eigenvalue weighted by atomic mass is 32.1. The monoisotopic (exact) mass is 303 g/mol. The van der Waals surface area contributed by atoms with Gasteiger partial charge in [0.15, 0.2) is 0 Å². The van der Waals surface area contributed by atoms with Crippen molar-refractivity contribution < 1.29 is 0 Å². The van der Waals surface area contributed by atoms with E-state index in [1.54, 1.807) is 22.7 Å². The van der Waals surface area contributed by atoms with Crippen LogP contribution in [0.25, 0.3) is 10.1 Å². The number of aromatic nitrogens is 1. The number of hydrazine groups is 1. The van der Waals surface area contributed by atoms with Crippen LogP contribution in [0.2, 0.25) is 0 Å². The summed E-state index contributed by atoms with van der Waals surface area (Å²) >= 11 is 3.51. The molecule has 1 atom stereocenters. The molecular weight excluding hydrogens is 286 g/mol. The van der Waals surface area contributed by atoms with Gasteiger partial charge in [0.05, 0.1) is 16.7 Å². The van der Waals surface area contributed by atoms with Gasteiger partial charge in [-0.3, -0.25) is 11.3 Å². The van der Waals surface area contributed by atoms with E-state index in [4.69, 9.17) is 5.84 Å². The summed E-state index contributed by atoms with van der Waals surface area (Å²) in [6, 6.07) is 8.64. The van der Waals surface area contributed by atoms with E-state index < -0.39 is 0 Å². The minimum absolute atomic E-state index is 0.124. The van der Waals surface area contributed by atoms with Crippen LogP contribution in [0.1, 0.15) is 27.2 Å². The standard InChI is InChI=1S/C15H17N3S2/c1-9-15(20-10(2)17-9)13(18-16)7-11-8-19-14-6-4-3-5-12(11)14/h3-6,8,13,18H,7,16H2,1-2H3. The second kappa shape index (κ2) is 5.61. The molecule has 0 bridgehead atoms. The molecule has 0 saturated heterocycles. The van der Waals surface area contributed by atoms with Crippen molar-refractivity contribution in [1.82, 2.24) is 10.4 Å². The van der Waals surface area contributed by atoms with Crippen molar-refractivity contribution in [3.63, 3.8) is 0 Å². The lowest BCUT2D eigenvalue weighted by molar-refractivity contribution is 0.559. The summed E-state index contributed by atoms with van der Waals surface area (Å²) in [7, 11) is 0. The largest absolute Gasteiger partial charge is 0.271 e. The van der Waals surface area contributed by atoms with Gasteiger partial charge < -0.3 is 0 Å². The highest BCUT2D eigenvalue weighted by Crippen LogP contribution is 2.32. The fourth-order valence-electron chi connectivity index (χ4n) is 2.51. The number of rotatable bonds is 4. The average molecular weight is 303 g/mol. The van der Waals surface area contributed by atoms with Gasteiger partial charge in [0, 0.05) is 9.58 Å². The van der Waals surface area contributed by atoms with Crippen LogP contribution >= 0.6 is 22.7 Å². The number of nitrogens with one attached hydrogen (secondary N) is 1. The molecule has 2 heterocycles. The molecule has 3 aromatic rings. The zero-order valence-electron chi connectivity index (χ0n) is 11.5. The number of nitrogens with two attached hydrogens (primary N) is 1. The zero-order valence-corrected chi connectivity index (χ0v) is 13.1. The van der Waals surface area contributed by atoms with Crippen molar-refractivity contribution >= 4 is 32.8 Å². The van der Waals surface area contributed by atoms with Gasteiger partial charge in [-0.2, -0.15) is 0 Å². The Balaban J connectivity index is 1.94. The maximum atomic E-state index is 5.78. The Morgan fingerprint density at radius 3 is 2.80 bits per heavy atom. The maximum Gasteiger partial charge on any atom is 0.0900 e. The first-order chi connectivity index (χ1) is 9.69. The number of thiazole rings is 1. The summed E-state index contributed by atoms with van der Waals surface area (Å²) in [4.78, 5) is 5.73. The minimum atomic E-state index is 0.124. The molecule has 2 aromatic heterocycles. The number of fused-ring (bicyclic) bond motifs is 1. The molecule has 0 aliphatic carbocycles. The van der Waals surface area contributed by atoms with Gasteiger partial charge in [-0.1, -0.05) is 18.2 Å². The number of aryl methyl sites for hydroxylation is 2. The second-order valence-corrected chi connectivity index (χ2v) is 7.01. The van der Waals surface area contributed by atoms with E-state index in [0.717, 1.165) is 17.1 Å². The van der Waals surface area contributed by atoms with E-state index >= 15 is 0 Å². The van der Waals surface area contributed by atoms with Crippen LogP contribution < -0.4 is 11.3 Å². The van der Waals surface area contributed by atoms with Crippen LogP contribution in [-0.2, 0) is 6.42 Å². The molecule has 3 rings (SSSR count). The molecule has 0 saturated carbocycles. The molecule has 0 aliphatic heterocycles.